The zero-order chi connectivity index (χ0) is 35.3. The number of aliphatic hydroxyl groups is 2. The number of fused-ring (bicyclic) bond motifs is 6. The van der Waals surface area contributed by atoms with Crippen molar-refractivity contribution < 1.29 is 48.2 Å². The molecular formula is C40H56O10. The maximum Gasteiger partial charge on any atom is 0.255 e. The highest BCUT2D eigenvalue weighted by molar-refractivity contribution is 5.76. The van der Waals surface area contributed by atoms with Gasteiger partial charge in [-0.25, -0.2) is 0 Å². The van der Waals surface area contributed by atoms with E-state index in [2.05, 4.69) is 53.7 Å². The zero-order valence-electron chi connectivity index (χ0n) is 30.6. The van der Waals surface area contributed by atoms with Crippen LogP contribution in [0.5, 0.6) is 0 Å². The number of aldehydes is 2. The van der Waals surface area contributed by atoms with Crippen LogP contribution in [0.3, 0.4) is 0 Å². The smallest absolute Gasteiger partial charge is 0.255 e. The summed E-state index contributed by atoms with van der Waals surface area (Å²) >= 11 is 0. The van der Waals surface area contributed by atoms with Crippen molar-refractivity contribution in [3.05, 3.63) is 23.3 Å². The molecule has 10 heteroatoms. The molecule has 0 radical (unpaired) electrons. The van der Waals surface area contributed by atoms with Gasteiger partial charge in [-0.15, -0.1) is 0 Å². The summed E-state index contributed by atoms with van der Waals surface area (Å²) < 4.78 is 38.5. The lowest BCUT2D eigenvalue weighted by atomic mass is 9.46. The first-order valence-electron chi connectivity index (χ1n) is 19.3. The molecule has 5 saturated heterocycles. The lowest BCUT2D eigenvalue weighted by Gasteiger charge is -2.58. The second-order valence-corrected chi connectivity index (χ2v) is 18.8. The van der Waals surface area contributed by atoms with Gasteiger partial charge in [0.2, 0.25) is 12.6 Å². The average Bonchev–Trinajstić information content (AvgIpc) is 4.00. The molecule has 0 aromatic rings. The molecule has 10 nitrogen and oxygen atoms in total. The molecular weight excluding hydrogens is 640 g/mol. The maximum atomic E-state index is 12.4. The fourth-order valence-electron chi connectivity index (χ4n) is 13.1. The molecule has 2 saturated carbocycles. The van der Waals surface area contributed by atoms with Gasteiger partial charge < -0.3 is 38.6 Å². The first-order chi connectivity index (χ1) is 23.6. The second kappa shape index (κ2) is 10.6. The third-order valence-electron chi connectivity index (χ3n) is 17.0. The number of ether oxygens (including phenoxy) is 6. The number of carbonyl (C=O) groups excluding carboxylic acids is 2. The van der Waals surface area contributed by atoms with E-state index < -0.39 is 47.6 Å². The molecule has 5 unspecified atom stereocenters. The lowest BCUT2D eigenvalue weighted by Crippen LogP contribution is -2.68. The monoisotopic (exact) mass is 696 g/mol. The molecule has 5 aliphatic heterocycles. The molecule has 4 aliphatic carbocycles. The van der Waals surface area contributed by atoms with Crippen LogP contribution in [0.4, 0.5) is 0 Å². The van der Waals surface area contributed by atoms with Gasteiger partial charge in [0, 0.05) is 0 Å². The third-order valence-corrected chi connectivity index (χ3v) is 17.0. The van der Waals surface area contributed by atoms with Crippen molar-refractivity contribution in [3.8, 4) is 0 Å². The van der Waals surface area contributed by atoms with Crippen molar-refractivity contribution in [2.75, 3.05) is 13.2 Å². The lowest BCUT2D eigenvalue weighted by molar-refractivity contribution is -0.478. The molecule has 2 N–H and O–H groups in total. The van der Waals surface area contributed by atoms with E-state index in [0.29, 0.717) is 24.7 Å². The van der Waals surface area contributed by atoms with Gasteiger partial charge in [0.25, 0.3) is 11.6 Å². The minimum absolute atomic E-state index is 0.211. The molecule has 276 valence electrons. The van der Waals surface area contributed by atoms with E-state index in [4.69, 9.17) is 28.4 Å². The molecule has 7 fully saturated rings. The number of allylic oxidation sites excluding steroid dienone is 4. The van der Waals surface area contributed by atoms with Crippen LogP contribution in [0.1, 0.15) is 106 Å². The van der Waals surface area contributed by atoms with Crippen LogP contribution >= 0.6 is 0 Å². The quantitative estimate of drug-likeness (QED) is 0.284. The molecule has 9 rings (SSSR count). The molecule has 0 bridgehead atoms. The van der Waals surface area contributed by atoms with Gasteiger partial charge in [-0.05, 0) is 121 Å². The Morgan fingerprint density at radius 1 is 0.680 bits per heavy atom. The largest absolute Gasteiger partial charge is 0.361 e. The van der Waals surface area contributed by atoms with Crippen LogP contribution < -0.4 is 0 Å². The number of epoxide rings is 2. The van der Waals surface area contributed by atoms with Gasteiger partial charge in [-0.2, -0.15) is 0 Å². The van der Waals surface area contributed by atoms with Crippen LogP contribution in [-0.4, -0.2) is 83.6 Å². The Kier molecular flexibility index (Phi) is 7.26. The molecule has 9 aliphatic rings. The van der Waals surface area contributed by atoms with Crippen LogP contribution in [0.2, 0.25) is 0 Å². The Bertz CT molecular complexity index is 1420. The van der Waals surface area contributed by atoms with E-state index >= 15 is 0 Å². The van der Waals surface area contributed by atoms with Crippen LogP contribution in [0.25, 0.3) is 0 Å². The second-order valence-electron chi connectivity index (χ2n) is 18.8. The Balaban J connectivity index is 0.985. The van der Waals surface area contributed by atoms with E-state index in [1.165, 1.54) is 0 Å². The third kappa shape index (κ3) is 4.03. The molecule has 50 heavy (non-hydrogen) atoms. The molecule has 16 atom stereocenters. The topological polar surface area (TPSA) is 137 Å². The van der Waals surface area contributed by atoms with Gasteiger partial charge >= 0.3 is 0 Å². The summed E-state index contributed by atoms with van der Waals surface area (Å²) in [4.78, 5) is 24.4. The van der Waals surface area contributed by atoms with E-state index in [1.54, 1.807) is 0 Å². The Morgan fingerprint density at radius 3 is 1.40 bits per heavy atom. The van der Waals surface area contributed by atoms with Gasteiger partial charge in [-0.3, -0.25) is 9.59 Å². The van der Waals surface area contributed by atoms with Crippen molar-refractivity contribution in [1.82, 2.24) is 0 Å². The number of rotatable bonds is 6. The zero-order valence-corrected chi connectivity index (χ0v) is 30.6. The van der Waals surface area contributed by atoms with Gasteiger partial charge in [0.05, 0.1) is 25.4 Å². The van der Waals surface area contributed by atoms with Gasteiger partial charge in [0.15, 0.2) is 11.2 Å². The summed E-state index contributed by atoms with van der Waals surface area (Å²) in [6.07, 6.45) is 11.4. The summed E-state index contributed by atoms with van der Waals surface area (Å²) in [5.74, 6) is -2.77. The number of hydrogen-bond acceptors (Lipinski definition) is 10. The number of hydrogen-bond donors (Lipinski definition) is 2. The summed E-state index contributed by atoms with van der Waals surface area (Å²) in [6, 6.07) is 0. The summed E-state index contributed by atoms with van der Waals surface area (Å²) in [5.41, 5.74) is -1.39. The number of carbonyl (C=O) groups is 2. The first kappa shape index (κ1) is 34.3. The minimum atomic E-state index is -1.99. The van der Waals surface area contributed by atoms with E-state index in [0.717, 1.165) is 75.1 Å². The standard InChI is InChI=1S/C40H56O10/c1-23-13-15-33(3)25(19-41)9-7-11-27(33)35(23,5)17-29-37(21-45-37)39(43)31(47-29)49-40(44)32(50-39)48-30(38(40)22-46-38)18-36(6)24(2)14-16-34(4)26(20-42)10-8-12-28(34)36/h9-10,19-20,23-24,27-32,43-44H,7-8,11-18,21-22H2,1-6H3/t23-,24-,27-,28-,29-,30-,31?,32?,33-,34-,35-,36-,37+,38?,39?,40?/m1/s1. The summed E-state index contributed by atoms with van der Waals surface area (Å²) in [7, 11) is 0. The van der Waals surface area contributed by atoms with Gasteiger partial charge in [0.1, 0.15) is 12.6 Å². The fourth-order valence-corrected chi connectivity index (χ4v) is 13.1. The molecule has 0 aromatic carbocycles. The molecule has 0 amide bonds. The van der Waals surface area contributed by atoms with E-state index in [-0.39, 0.29) is 46.7 Å². The summed E-state index contributed by atoms with van der Waals surface area (Å²) in [6.45, 7) is 14.1. The molecule has 2 spiro atoms. The van der Waals surface area contributed by atoms with Crippen molar-refractivity contribution in [2.45, 2.75) is 153 Å². The first-order valence-corrected chi connectivity index (χ1v) is 19.3. The van der Waals surface area contributed by atoms with Crippen molar-refractivity contribution in [2.24, 2.45) is 45.3 Å². The van der Waals surface area contributed by atoms with Crippen LogP contribution in [0, 0.1) is 45.3 Å². The minimum Gasteiger partial charge on any atom is -0.361 e. The van der Waals surface area contributed by atoms with E-state index in [1.807, 2.05) is 0 Å². The fraction of sp³-hybridized carbons (Fsp3) is 0.850. The molecule has 0 aromatic heterocycles. The normalized spacial score (nSPS) is 59.1. The SMILES string of the molecule is C[C@@H]1CC[C@]2(C)C(C=O)=CCC[C@H]2[C@]1(C)C[C@H]1OC2OC3(O)C(O[C@H](C[C@]4(C)[C@H](C)CC[C@]5(C)C(C=O)=CCC[C@@H]45)[C@@]34CO4)OC2(O)C12CO2. The van der Waals surface area contributed by atoms with Crippen LogP contribution in [0.15, 0.2) is 23.3 Å². The van der Waals surface area contributed by atoms with E-state index in [9.17, 15) is 19.8 Å². The average molecular weight is 697 g/mol. The Hall–Kier alpha value is -1.50. The van der Waals surface area contributed by atoms with Crippen LogP contribution in [-0.2, 0) is 38.0 Å². The van der Waals surface area contributed by atoms with Crippen molar-refractivity contribution in [1.29, 1.82) is 0 Å². The highest BCUT2D eigenvalue weighted by Gasteiger charge is 2.87. The van der Waals surface area contributed by atoms with Crippen molar-refractivity contribution >= 4 is 12.6 Å². The Morgan fingerprint density at radius 2 is 1.06 bits per heavy atom. The van der Waals surface area contributed by atoms with Crippen molar-refractivity contribution in [3.63, 3.8) is 0 Å². The highest BCUT2D eigenvalue weighted by Crippen LogP contribution is 2.69. The summed E-state index contributed by atoms with van der Waals surface area (Å²) in [5, 5.41) is 24.8. The molecule has 5 heterocycles. The Labute approximate surface area is 295 Å². The predicted octanol–water partition coefficient (Wildman–Crippen LogP) is 5.13. The van der Waals surface area contributed by atoms with Gasteiger partial charge in [-0.1, -0.05) is 53.7 Å². The highest BCUT2D eigenvalue weighted by atomic mass is 16.9. The maximum absolute atomic E-state index is 12.4. The predicted molar refractivity (Wildman–Crippen MR) is 179 cm³/mol.